The minimum Gasteiger partial charge on any atom is -0.377 e. The van der Waals surface area contributed by atoms with Crippen molar-refractivity contribution in [1.82, 2.24) is 0 Å². The molecular weight excluding hydrogens is 278 g/mol. The summed E-state index contributed by atoms with van der Waals surface area (Å²) in [4.78, 5) is 0. The van der Waals surface area contributed by atoms with Crippen molar-refractivity contribution < 1.29 is 0 Å². The van der Waals surface area contributed by atoms with E-state index in [0.29, 0.717) is 5.17 Å². The first-order valence-corrected chi connectivity index (χ1v) is 7.75. The van der Waals surface area contributed by atoms with Crippen LogP contribution in [0.3, 0.4) is 0 Å². The maximum Gasteiger partial charge on any atom is 0.180 e. The molecule has 4 heteroatoms. The highest BCUT2D eigenvalue weighted by molar-refractivity contribution is 8.13. The Morgan fingerprint density at radius 3 is 2.38 bits per heavy atom. The maximum absolute atomic E-state index is 5.86. The molecule has 2 N–H and O–H groups in total. The van der Waals surface area contributed by atoms with E-state index in [1.54, 1.807) is 6.21 Å². The molecule has 2 aromatic carbocycles. The van der Waals surface area contributed by atoms with Crippen molar-refractivity contribution in [2.75, 3.05) is 0 Å². The summed E-state index contributed by atoms with van der Waals surface area (Å²) < 4.78 is 0. The molecule has 108 valence electrons. The Morgan fingerprint density at radius 1 is 1.05 bits per heavy atom. The van der Waals surface area contributed by atoms with Crippen LogP contribution >= 0.6 is 11.8 Å². The third-order valence-corrected chi connectivity index (χ3v) is 3.97. The van der Waals surface area contributed by atoms with Crippen molar-refractivity contribution in [3.8, 4) is 0 Å². The molecule has 0 spiro atoms. The lowest BCUT2D eigenvalue weighted by atomic mass is 10.0. The zero-order chi connectivity index (χ0) is 15.1. The van der Waals surface area contributed by atoms with Gasteiger partial charge in [-0.15, -0.1) is 5.10 Å². The molecule has 0 fully saturated rings. The van der Waals surface area contributed by atoms with Crippen LogP contribution < -0.4 is 5.73 Å². The van der Waals surface area contributed by atoms with Crippen molar-refractivity contribution in [3.05, 3.63) is 70.8 Å². The number of thioether (sulfide) groups is 1. The third-order valence-electron chi connectivity index (χ3n) is 3.11. The largest absolute Gasteiger partial charge is 0.377 e. The molecule has 2 aromatic rings. The molecule has 0 aliphatic carbocycles. The monoisotopic (exact) mass is 297 g/mol. The first-order valence-electron chi connectivity index (χ1n) is 6.76. The Kier molecular flexibility index (Phi) is 5.58. The molecule has 0 atom stereocenters. The minimum atomic E-state index is 0.473. The first-order chi connectivity index (χ1) is 10.2. The van der Waals surface area contributed by atoms with E-state index < -0.39 is 0 Å². The predicted octanol–water partition coefficient (Wildman–Crippen LogP) is 3.89. The summed E-state index contributed by atoms with van der Waals surface area (Å²) >= 11 is 1.49. The molecule has 3 nitrogen and oxygen atoms in total. The van der Waals surface area contributed by atoms with E-state index in [2.05, 4.69) is 48.3 Å². The Morgan fingerprint density at radius 2 is 1.71 bits per heavy atom. The Balaban J connectivity index is 1.95. The fraction of sp³-hybridized carbons (Fsp3) is 0.176. The molecular formula is C17H19N3S. The quantitative estimate of drug-likeness (QED) is 0.529. The molecule has 0 heterocycles. The summed E-state index contributed by atoms with van der Waals surface area (Å²) in [6.45, 7) is 4.12. The Labute approximate surface area is 130 Å². The normalized spacial score (nSPS) is 12.0. The molecule has 0 saturated heterocycles. The molecule has 0 unspecified atom stereocenters. The number of hydrogen-bond donors (Lipinski definition) is 1. The van der Waals surface area contributed by atoms with E-state index in [1.165, 1.54) is 28.5 Å². The van der Waals surface area contributed by atoms with Crippen LogP contribution in [0, 0.1) is 13.8 Å². The van der Waals surface area contributed by atoms with Crippen LogP contribution in [0.15, 0.2) is 58.7 Å². The van der Waals surface area contributed by atoms with Crippen LogP contribution in [0.5, 0.6) is 0 Å². The van der Waals surface area contributed by atoms with Crippen LogP contribution in [-0.2, 0) is 5.75 Å². The van der Waals surface area contributed by atoms with Gasteiger partial charge in [-0.3, -0.25) is 0 Å². The molecule has 0 aromatic heterocycles. The van der Waals surface area contributed by atoms with Gasteiger partial charge in [-0.05, 0) is 30.5 Å². The van der Waals surface area contributed by atoms with Crippen molar-refractivity contribution in [2.45, 2.75) is 19.6 Å². The van der Waals surface area contributed by atoms with Crippen molar-refractivity contribution in [2.24, 2.45) is 15.9 Å². The second kappa shape index (κ2) is 7.64. The fourth-order valence-electron chi connectivity index (χ4n) is 1.93. The van der Waals surface area contributed by atoms with Crippen LogP contribution in [0.1, 0.15) is 22.3 Å². The molecule has 0 aliphatic heterocycles. The molecule has 0 radical (unpaired) electrons. The summed E-state index contributed by atoms with van der Waals surface area (Å²) in [7, 11) is 0. The highest BCUT2D eigenvalue weighted by Gasteiger charge is 1.98. The van der Waals surface area contributed by atoms with E-state index in [9.17, 15) is 0 Å². The number of nitrogens with two attached hydrogens (primary N) is 1. The van der Waals surface area contributed by atoms with Gasteiger partial charge >= 0.3 is 0 Å². The molecule has 0 bridgehead atoms. The van der Waals surface area contributed by atoms with Gasteiger partial charge in [0.2, 0.25) is 0 Å². The van der Waals surface area contributed by atoms with Gasteiger partial charge in [0.15, 0.2) is 5.17 Å². The number of rotatable bonds is 4. The Hall–Kier alpha value is -2.07. The van der Waals surface area contributed by atoms with Crippen LogP contribution in [-0.4, -0.2) is 11.4 Å². The van der Waals surface area contributed by atoms with Crippen LogP contribution in [0.2, 0.25) is 0 Å². The van der Waals surface area contributed by atoms with Gasteiger partial charge < -0.3 is 5.73 Å². The molecule has 2 rings (SSSR count). The molecule has 0 aliphatic rings. The number of amidine groups is 1. The van der Waals surface area contributed by atoms with Crippen molar-refractivity contribution in [3.63, 3.8) is 0 Å². The lowest BCUT2D eigenvalue weighted by Crippen LogP contribution is -2.06. The first kappa shape index (κ1) is 15.3. The number of aryl methyl sites for hydroxylation is 2. The zero-order valence-electron chi connectivity index (χ0n) is 12.3. The fourth-order valence-corrected chi connectivity index (χ4v) is 2.55. The lowest BCUT2D eigenvalue weighted by Gasteiger charge is -2.02. The third kappa shape index (κ3) is 4.76. The second-order valence-corrected chi connectivity index (χ2v) is 5.76. The standard InChI is InChI=1S/C17H19N3S/c1-13-7-6-8-14(2)16(13)11-19-20-17(18)21-12-15-9-4-3-5-10-15/h3-11H,12H2,1-2H3,(H2,18,20). The second-order valence-electron chi connectivity index (χ2n) is 4.76. The average molecular weight is 297 g/mol. The average Bonchev–Trinajstić information content (AvgIpc) is 2.49. The van der Waals surface area contributed by atoms with Gasteiger partial charge in [-0.1, -0.05) is 60.3 Å². The van der Waals surface area contributed by atoms with E-state index >= 15 is 0 Å². The van der Waals surface area contributed by atoms with E-state index in [1.807, 2.05) is 24.3 Å². The summed E-state index contributed by atoms with van der Waals surface area (Å²) in [5.41, 5.74) is 10.6. The summed E-state index contributed by atoms with van der Waals surface area (Å²) in [6, 6.07) is 16.3. The van der Waals surface area contributed by atoms with Gasteiger partial charge in [-0.2, -0.15) is 5.10 Å². The van der Waals surface area contributed by atoms with Gasteiger partial charge in [0.1, 0.15) is 0 Å². The molecule has 0 amide bonds. The molecule has 0 saturated carbocycles. The summed E-state index contributed by atoms with van der Waals surface area (Å²) in [5.74, 6) is 0.801. The number of benzene rings is 2. The summed E-state index contributed by atoms with van der Waals surface area (Å²) in [6.07, 6.45) is 1.76. The minimum absolute atomic E-state index is 0.473. The topological polar surface area (TPSA) is 50.7 Å². The number of hydrogen-bond acceptors (Lipinski definition) is 3. The van der Waals surface area contributed by atoms with Crippen LogP contribution in [0.25, 0.3) is 0 Å². The predicted molar refractivity (Wildman–Crippen MR) is 92.9 cm³/mol. The smallest absolute Gasteiger partial charge is 0.180 e. The SMILES string of the molecule is Cc1cccc(C)c1C=NN=C(N)SCc1ccccc1. The molecule has 21 heavy (non-hydrogen) atoms. The van der Waals surface area contributed by atoms with Gasteiger partial charge in [0.25, 0.3) is 0 Å². The van der Waals surface area contributed by atoms with E-state index in [-0.39, 0.29) is 0 Å². The highest BCUT2D eigenvalue weighted by Crippen LogP contribution is 2.12. The number of nitrogens with zero attached hydrogens (tertiary/aromatic N) is 2. The van der Waals surface area contributed by atoms with Gasteiger partial charge in [0, 0.05) is 11.3 Å². The summed E-state index contributed by atoms with van der Waals surface area (Å²) in [5, 5.41) is 8.61. The zero-order valence-corrected chi connectivity index (χ0v) is 13.1. The van der Waals surface area contributed by atoms with Crippen molar-refractivity contribution in [1.29, 1.82) is 0 Å². The Bertz CT molecular complexity index is 628. The highest BCUT2D eigenvalue weighted by atomic mass is 32.2. The maximum atomic E-state index is 5.86. The van der Waals surface area contributed by atoms with Crippen LogP contribution in [0.4, 0.5) is 0 Å². The van der Waals surface area contributed by atoms with E-state index in [0.717, 1.165) is 11.3 Å². The van der Waals surface area contributed by atoms with E-state index in [4.69, 9.17) is 5.73 Å². The van der Waals surface area contributed by atoms with Gasteiger partial charge in [0.05, 0.1) is 6.21 Å². The van der Waals surface area contributed by atoms with Crippen molar-refractivity contribution >= 4 is 23.1 Å². The van der Waals surface area contributed by atoms with Gasteiger partial charge in [-0.25, -0.2) is 0 Å². The lowest BCUT2D eigenvalue weighted by molar-refractivity contribution is 1.24.